The van der Waals surface area contributed by atoms with Crippen molar-refractivity contribution >= 4 is 10.1 Å². The van der Waals surface area contributed by atoms with Crippen LogP contribution in [0.3, 0.4) is 0 Å². The maximum Gasteiger partial charge on any atom is 0.523 e. The summed E-state index contributed by atoms with van der Waals surface area (Å²) in [7, 11) is -5.61. The second kappa shape index (κ2) is 4.25. The minimum atomic E-state index is -5.61. The molecule has 1 atom stereocenters. The van der Waals surface area contributed by atoms with Crippen LogP contribution in [0, 0.1) is 0 Å². The number of ether oxygens (including phenoxy) is 2. The monoisotopic (exact) mass is 286 g/mol. The highest BCUT2D eigenvalue weighted by atomic mass is 32.2. The van der Waals surface area contributed by atoms with Gasteiger partial charge in [-0.2, -0.15) is 21.6 Å². The van der Waals surface area contributed by atoms with E-state index < -0.39 is 27.8 Å². The van der Waals surface area contributed by atoms with E-state index in [4.69, 9.17) is 9.47 Å². The lowest BCUT2D eigenvalue weighted by Crippen LogP contribution is -2.43. The van der Waals surface area contributed by atoms with Gasteiger partial charge < -0.3 is 9.47 Å². The van der Waals surface area contributed by atoms with Crippen LogP contribution in [0.1, 0.15) is 6.42 Å². The van der Waals surface area contributed by atoms with Gasteiger partial charge in [0.1, 0.15) is 11.4 Å². The Balaban J connectivity index is 2.07. The lowest BCUT2D eigenvalue weighted by Gasteiger charge is -2.37. The Morgan fingerprint density at radius 3 is 2.83 bits per heavy atom. The molecule has 1 unspecified atom stereocenters. The molecule has 0 spiro atoms. The van der Waals surface area contributed by atoms with Gasteiger partial charge in [0.2, 0.25) is 0 Å². The first kappa shape index (κ1) is 13.4. The summed E-state index contributed by atoms with van der Waals surface area (Å²) in [5.41, 5.74) is -6.66. The van der Waals surface area contributed by atoms with Gasteiger partial charge in [-0.1, -0.05) is 6.08 Å². The molecule has 2 aliphatic rings. The van der Waals surface area contributed by atoms with Crippen molar-refractivity contribution in [3.63, 3.8) is 0 Å². The maximum atomic E-state index is 12.1. The van der Waals surface area contributed by atoms with Crippen LogP contribution in [-0.2, 0) is 23.8 Å². The van der Waals surface area contributed by atoms with Crippen LogP contribution < -0.4 is 0 Å². The van der Waals surface area contributed by atoms with Crippen molar-refractivity contribution in [3.8, 4) is 0 Å². The summed E-state index contributed by atoms with van der Waals surface area (Å²) in [4.78, 5) is 0. The molecule has 18 heavy (non-hydrogen) atoms. The predicted molar refractivity (Wildman–Crippen MR) is 52.5 cm³/mol. The van der Waals surface area contributed by atoms with Crippen LogP contribution in [0.25, 0.3) is 0 Å². The van der Waals surface area contributed by atoms with E-state index >= 15 is 0 Å². The zero-order valence-electron chi connectivity index (χ0n) is 8.94. The Bertz CT molecular complexity index is 493. The third kappa shape index (κ3) is 2.52. The van der Waals surface area contributed by atoms with Gasteiger partial charge in [0.15, 0.2) is 6.79 Å². The highest BCUT2D eigenvalue weighted by molar-refractivity contribution is 7.87. The van der Waals surface area contributed by atoms with E-state index in [1.807, 2.05) is 0 Å². The number of hydrogen-bond donors (Lipinski definition) is 0. The van der Waals surface area contributed by atoms with Crippen LogP contribution in [0.15, 0.2) is 24.0 Å². The second-order valence-corrected chi connectivity index (χ2v) is 5.41. The molecule has 9 heteroatoms. The van der Waals surface area contributed by atoms with E-state index in [0.29, 0.717) is 5.76 Å². The minimum absolute atomic E-state index is 0.136. The summed E-state index contributed by atoms with van der Waals surface area (Å²) in [6, 6.07) is 0. The molecule has 1 aliphatic carbocycles. The lowest BCUT2D eigenvalue weighted by molar-refractivity contribution is -0.159. The minimum Gasteiger partial charge on any atom is -0.472 e. The van der Waals surface area contributed by atoms with Crippen LogP contribution >= 0.6 is 0 Å². The molecule has 1 heterocycles. The largest absolute Gasteiger partial charge is 0.523 e. The van der Waals surface area contributed by atoms with Crippen molar-refractivity contribution in [2.24, 2.45) is 0 Å². The van der Waals surface area contributed by atoms with Crippen LogP contribution in [0.5, 0.6) is 0 Å². The number of fused-ring (bicyclic) bond motifs is 2. The molecule has 2 bridgehead atoms. The molecule has 0 saturated carbocycles. The van der Waals surface area contributed by atoms with Crippen molar-refractivity contribution < 1.29 is 35.2 Å². The lowest BCUT2D eigenvalue weighted by atomic mass is 9.94. The predicted octanol–water partition coefficient (Wildman–Crippen LogP) is 1.44. The Morgan fingerprint density at radius 2 is 2.17 bits per heavy atom. The zero-order chi connectivity index (χ0) is 13.4. The summed E-state index contributed by atoms with van der Waals surface area (Å²) in [5, 5.41) is 0. The molecule has 1 saturated heterocycles. The van der Waals surface area contributed by atoms with Gasteiger partial charge in [0.25, 0.3) is 0 Å². The van der Waals surface area contributed by atoms with E-state index in [0.717, 1.165) is 0 Å². The van der Waals surface area contributed by atoms with Gasteiger partial charge >= 0.3 is 15.6 Å². The number of alkyl halides is 3. The van der Waals surface area contributed by atoms with Crippen molar-refractivity contribution in [3.05, 3.63) is 24.0 Å². The highest BCUT2D eigenvalue weighted by Gasteiger charge is 2.49. The Labute approximate surface area is 101 Å². The Kier molecular flexibility index (Phi) is 3.16. The molecule has 1 fully saturated rings. The summed E-state index contributed by atoms with van der Waals surface area (Å²) in [6.07, 6.45) is 4.72. The Hall–Kier alpha value is -1.06. The third-order valence-electron chi connectivity index (χ3n) is 2.49. The van der Waals surface area contributed by atoms with Crippen molar-refractivity contribution in [2.75, 3.05) is 13.4 Å². The van der Waals surface area contributed by atoms with Crippen LogP contribution in [-0.4, -0.2) is 32.9 Å². The fourth-order valence-electron chi connectivity index (χ4n) is 1.55. The van der Waals surface area contributed by atoms with E-state index in [9.17, 15) is 21.6 Å². The molecule has 102 valence electrons. The molecule has 0 aromatic carbocycles. The van der Waals surface area contributed by atoms with Gasteiger partial charge in [-0.3, -0.25) is 4.18 Å². The fraction of sp³-hybridized carbons (Fsp3) is 0.556. The van der Waals surface area contributed by atoms with E-state index in [-0.39, 0.29) is 13.2 Å². The average molecular weight is 286 g/mol. The quantitative estimate of drug-likeness (QED) is 0.580. The zero-order valence-corrected chi connectivity index (χ0v) is 9.75. The maximum absolute atomic E-state index is 12.1. The van der Waals surface area contributed by atoms with E-state index in [2.05, 4.69) is 4.18 Å². The molecule has 0 N–H and O–H groups in total. The summed E-state index contributed by atoms with van der Waals surface area (Å²) >= 11 is 0. The van der Waals surface area contributed by atoms with Crippen molar-refractivity contribution in [1.82, 2.24) is 0 Å². The molecule has 0 radical (unpaired) electrons. The second-order valence-electron chi connectivity index (χ2n) is 3.80. The average Bonchev–Trinajstić information content (AvgIpc) is 2.25. The standard InChI is InChI=1S/C9H9F3O5S/c10-9(11,12)18(13,14)17-5-8-3-1-2-7(4-8)15-6-16-8/h1-3H,4-6H2. The van der Waals surface area contributed by atoms with Gasteiger partial charge in [0, 0.05) is 6.42 Å². The van der Waals surface area contributed by atoms with Crippen molar-refractivity contribution in [1.29, 1.82) is 0 Å². The molecular weight excluding hydrogens is 277 g/mol. The van der Waals surface area contributed by atoms with Gasteiger partial charge in [-0.05, 0) is 12.2 Å². The first-order valence-corrected chi connectivity index (χ1v) is 6.26. The number of hydrogen-bond acceptors (Lipinski definition) is 5. The smallest absolute Gasteiger partial charge is 0.472 e. The van der Waals surface area contributed by atoms with Crippen LogP contribution in [0.4, 0.5) is 13.2 Å². The molecule has 0 aromatic heterocycles. The highest BCUT2D eigenvalue weighted by Crippen LogP contribution is 2.34. The first-order valence-electron chi connectivity index (χ1n) is 4.85. The van der Waals surface area contributed by atoms with Gasteiger partial charge in [-0.25, -0.2) is 0 Å². The summed E-state index contributed by atoms with van der Waals surface area (Å²) in [6.45, 7) is -0.905. The van der Waals surface area contributed by atoms with Crippen molar-refractivity contribution in [2.45, 2.75) is 17.5 Å². The molecule has 0 aromatic rings. The third-order valence-corrected chi connectivity index (χ3v) is 3.48. The molecular formula is C9H9F3O5S. The van der Waals surface area contributed by atoms with E-state index in [1.165, 1.54) is 12.2 Å². The summed E-state index contributed by atoms with van der Waals surface area (Å²) in [5.74, 6) is 0.511. The fourth-order valence-corrected chi connectivity index (χ4v) is 2.04. The van der Waals surface area contributed by atoms with E-state index in [1.54, 1.807) is 6.08 Å². The molecule has 5 nitrogen and oxygen atoms in total. The number of rotatable bonds is 3. The SMILES string of the molecule is O=S(=O)(OCC12C=CC=C(C1)OCO2)C(F)(F)F. The number of halogens is 3. The summed E-state index contributed by atoms with van der Waals surface area (Å²) < 4.78 is 72.0. The normalized spacial score (nSPS) is 27.6. The molecule has 2 rings (SSSR count). The Morgan fingerprint density at radius 1 is 1.44 bits per heavy atom. The van der Waals surface area contributed by atoms with Gasteiger partial charge in [-0.15, -0.1) is 0 Å². The first-order chi connectivity index (χ1) is 8.24. The molecule has 0 amide bonds. The van der Waals surface area contributed by atoms with Crippen LogP contribution in [0.2, 0.25) is 0 Å². The molecule has 1 aliphatic heterocycles. The van der Waals surface area contributed by atoms with Gasteiger partial charge in [0.05, 0.1) is 6.61 Å². The topological polar surface area (TPSA) is 61.8 Å². The number of allylic oxidation sites excluding steroid dienone is 2.